The van der Waals surface area contributed by atoms with Gasteiger partial charge >= 0.3 is 0 Å². The van der Waals surface area contributed by atoms with Crippen LogP contribution < -0.4 is 10.6 Å². The summed E-state index contributed by atoms with van der Waals surface area (Å²) in [4.78, 5) is 16.5. The van der Waals surface area contributed by atoms with E-state index in [1.165, 1.54) is 17.7 Å². The molecule has 0 bridgehead atoms. The van der Waals surface area contributed by atoms with Gasteiger partial charge in [-0.1, -0.05) is 31.2 Å². The van der Waals surface area contributed by atoms with E-state index >= 15 is 0 Å². The molecule has 0 aliphatic heterocycles. The lowest BCUT2D eigenvalue weighted by Gasteiger charge is -2.25. The number of rotatable bonds is 13. The minimum Gasteiger partial charge on any atom is -0.390 e. The van der Waals surface area contributed by atoms with Gasteiger partial charge in [-0.3, -0.25) is 4.79 Å². The van der Waals surface area contributed by atoms with Crippen LogP contribution in [0, 0.1) is 11.6 Å². The topological polar surface area (TPSA) is 79.2 Å². The lowest BCUT2D eigenvalue weighted by molar-refractivity contribution is -0.122. The van der Waals surface area contributed by atoms with Gasteiger partial charge in [-0.05, 0) is 48.1 Å². The molecule has 8 heteroatoms. The molecule has 3 rings (SSSR count). The maximum absolute atomic E-state index is 13.7. The molecule has 2 aromatic carbocycles. The Balaban J connectivity index is 1.58. The first-order valence-electron chi connectivity index (χ1n) is 11.6. The second kappa shape index (κ2) is 13.0. The highest BCUT2D eigenvalue weighted by Crippen LogP contribution is 2.13. The highest BCUT2D eigenvalue weighted by atomic mass is 19.1. The minimum atomic E-state index is -0.946. The van der Waals surface area contributed by atoms with Crippen molar-refractivity contribution in [3.63, 3.8) is 0 Å². The lowest BCUT2D eigenvalue weighted by Crippen LogP contribution is -2.48. The van der Waals surface area contributed by atoms with Crippen molar-refractivity contribution in [2.45, 2.75) is 57.8 Å². The van der Waals surface area contributed by atoms with Crippen molar-refractivity contribution >= 4 is 5.91 Å². The van der Waals surface area contributed by atoms with Crippen LogP contribution in [0.25, 0.3) is 0 Å². The number of hydrogen-bond acceptors (Lipinski definition) is 4. The number of benzene rings is 2. The fourth-order valence-electron chi connectivity index (χ4n) is 3.85. The number of aliphatic hydroxyl groups is 1. The number of aromatic nitrogens is 2. The molecule has 34 heavy (non-hydrogen) atoms. The third-order valence-electron chi connectivity index (χ3n) is 5.65. The Labute approximate surface area is 199 Å². The molecule has 3 aromatic rings. The summed E-state index contributed by atoms with van der Waals surface area (Å²) in [5.41, 5.74) is 2.70. The maximum Gasteiger partial charge on any atom is 0.220 e. The summed E-state index contributed by atoms with van der Waals surface area (Å²) in [6.07, 6.45) is 6.15. The molecular weight excluding hydrogens is 438 g/mol. The molecular formula is C26H32F2N4O2. The summed E-state index contributed by atoms with van der Waals surface area (Å²) in [6.45, 7) is 3.52. The number of imidazole rings is 1. The van der Waals surface area contributed by atoms with Gasteiger partial charge in [0.1, 0.15) is 11.6 Å². The van der Waals surface area contributed by atoms with E-state index < -0.39 is 23.8 Å². The summed E-state index contributed by atoms with van der Waals surface area (Å²) < 4.78 is 29.3. The molecule has 0 unspecified atom stereocenters. The summed E-state index contributed by atoms with van der Waals surface area (Å²) in [6, 6.07) is 10.7. The Hall–Kier alpha value is -3.10. The van der Waals surface area contributed by atoms with Crippen LogP contribution in [-0.4, -0.2) is 39.3 Å². The van der Waals surface area contributed by atoms with E-state index in [-0.39, 0.29) is 25.3 Å². The number of carbonyl (C=O) groups excluding carboxylic acids is 1. The highest BCUT2D eigenvalue weighted by molar-refractivity contribution is 5.76. The molecule has 0 spiro atoms. The van der Waals surface area contributed by atoms with Crippen molar-refractivity contribution in [2.75, 3.05) is 6.54 Å². The molecule has 0 saturated heterocycles. The number of nitrogens with one attached hydrogen (secondary N) is 2. The van der Waals surface area contributed by atoms with Crippen LogP contribution in [0.15, 0.2) is 61.2 Å². The van der Waals surface area contributed by atoms with Crippen LogP contribution >= 0.6 is 0 Å². The maximum atomic E-state index is 13.7. The molecule has 182 valence electrons. The van der Waals surface area contributed by atoms with Crippen LogP contribution in [0.5, 0.6) is 0 Å². The normalized spacial score (nSPS) is 12.9. The zero-order valence-corrected chi connectivity index (χ0v) is 19.4. The number of hydrogen-bond donors (Lipinski definition) is 3. The average molecular weight is 471 g/mol. The summed E-state index contributed by atoms with van der Waals surface area (Å²) in [7, 11) is 0. The van der Waals surface area contributed by atoms with Crippen LogP contribution in [0.2, 0.25) is 0 Å². The Morgan fingerprint density at radius 2 is 1.88 bits per heavy atom. The third kappa shape index (κ3) is 8.35. The van der Waals surface area contributed by atoms with E-state index in [1.807, 2.05) is 22.9 Å². The van der Waals surface area contributed by atoms with E-state index in [9.17, 15) is 18.7 Å². The first-order valence-corrected chi connectivity index (χ1v) is 11.6. The van der Waals surface area contributed by atoms with E-state index in [0.29, 0.717) is 25.1 Å². The van der Waals surface area contributed by atoms with E-state index in [4.69, 9.17) is 0 Å². The second-order valence-corrected chi connectivity index (χ2v) is 8.43. The predicted octanol–water partition coefficient (Wildman–Crippen LogP) is 3.38. The number of aliphatic hydroxyl groups excluding tert-OH is 1. The molecule has 0 fully saturated rings. The Kier molecular flexibility index (Phi) is 9.73. The molecule has 1 aromatic heterocycles. The number of amides is 1. The van der Waals surface area contributed by atoms with E-state index in [1.54, 1.807) is 12.5 Å². The van der Waals surface area contributed by atoms with Gasteiger partial charge in [0.2, 0.25) is 5.91 Å². The third-order valence-corrected chi connectivity index (χ3v) is 5.65. The number of aryl methyl sites for hydroxylation is 2. The SMILES string of the molecule is CCc1cccc(CNC[C@H](O)[C@H](Cc2cc(F)cc(F)c2)NC(=O)CCCn2ccnc2)c1. The van der Waals surface area contributed by atoms with E-state index in [0.717, 1.165) is 18.1 Å². The predicted molar refractivity (Wildman–Crippen MR) is 127 cm³/mol. The van der Waals surface area contributed by atoms with Gasteiger partial charge in [-0.2, -0.15) is 0 Å². The Morgan fingerprint density at radius 1 is 1.12 bits per heavy atom. The quantitative estimate of drug-likeness (QED) is 0.358. The summed E-state index contributed by atoms with van der Waals surface area (Å²) >= 11 is 0. The number of halogens is 2. The highest BCUT2D eigenvalue weighted by Gasteiger charge is 2.22. The van der Waals surface area contributed by atoms with E-state index in [2.05, 4.69) is 34.7 Å². The van der Waals surface area contributed by atoms with Crippen LogP contribution in [0.1, 0.15) is 36.5 Å². The van der Waals surface area contributed by atoms with Crippen molar-refractivity contribution < 1.29 is 18.7 Å². The number of nitrogens with zero attached hydrogens (tertiary/aromatic N) is 2. The smallest absolute Gasteiger partial charge is 0.220 e. The number of carbonyl (C=O) groups is 1. The molecule has 0 aliphatic carbocycles. The summed E-state index contributed by atoms with van der Waals surface area (Å²) in [5.74, 6) is -1.61. The van der Waals surface area contributed by atoms with Crippen molar-refractivity contribution in [1.82, 2.24) is 20.2 Å². The molecule has 0 radical (unpaired) electrons. The summed E-state index contributed by atoms with van der Waals surface area (Å²) in [5, 5.41) is 16.9. The van der Waals surface area contributed by atoms with Gasteiger partial charge in [0.05, 0.1) is 18.5 Å². The largest absolute Gasteiger partial charge is 0.390 e. The monoisotopic (exact) mass is 470 g/mol. The fourth-order valence-corrected chi connectivity index (χ4v) is 3.85. The second-order valence-electron chi connectivity index (χ2n) is 8.43. The molecule has 3 N–H and O–H groups in total. The van der Waals surface area contributed by atoms with Gasteiger partial charge < -0.3 is 20.3 Å². The van der Waals surface area contributed by atoms with Crippen LogP contribution in [0.4, 0.5) is 8.78 Å². The Bertz CT molecular complexity index is 1020. The molecule has 1 heterocycles. The first kappa shape index (κ1) is 25.5. The molecule has 0 aliphatic rings. The van der Waals surface area contributed by atoms with Crippen molar-refractivity contribution in [3.05, 3.63) is 89.5 Å². The first-order chi connectivity index (χ1) is 16.4. The fraction of sp³-hybridized carbons (Fsp3) is 0.385. The molecule has 2 atom stereocenters. The Morgan fingerprint density at radius 3 is 2.59 bits per heavy atom. The molecule has 6 nitrogen and oxygen atoms in total. The van der Waals surface area contributed by atoms with Gasteiger partial charge in [-0.15, -0.1) is 0 Å². The molecule has 1 amide bonds. The van der Waals surface area contributed by atoms with Crippen molar-refractivity contribution in [3.8, 4) is 0 Å². The van der Waals surface area contributed by atoms with Gasteiger partial charge in [-0.25, -0.2) is 13.8 Å². The standard InChI is InChI=1S/C26H32F2N4O2/c1-2-19-5-3-6-20(11-19)16-30-17-25(33)24(14-21-12-22(27)15-23(28)13-21)31-26(34)7-4-9-32-10-8-29-18-32/h3,5-6,8,10-13,15,18,24-25,30,33H,2,4,7,9,14,16-17H2,1H3,(H,31,34)/t24-,25-/m0/s1. The van der Waals surface area contributed by atoms with Gasteiger partial charge in [0.15, 0.2) is 0 Å². The van der Waals surface area contributed by atoms with Crippen LogP contribution in [-0.2, 0) is 30.7 Å². The van der Waals surface area contributed by atoms with Gasteiger partial charge in [0.25, 0.3) is 0 Å². The zero-order valence-electron chi connectivity index (χ0n) is 19.4. The van der Waals surface area contributed by atoms with Crippen molar-refractivity contribution in [2.24, 2.45) is 0 Å². The molecule has 0 saturated carbocycles. The lowest BCUT2D eigenvalue weighted by atomic mass is 10.00. The van der Waals surface area contributed by atoms with Crippen molar-refractivity contribution in [1.29, 1.82) is 0 Å². The van der Waals surface area contributed by atoms with Gasteiger partial charge in [0, 0.05) is 44.5 Å². The zero-order chi connectivity index (χ0) is 24.3. The average Bonchev–Trinajstić information content (AvgIpc) is 3.31. The van der Waals surface area contributed by atoms with Crippen LogP contribution in [0.3, 0.4) is 0 Å². The minimum absolute atomic E-state index is 0.107.